The number of nitrogens with one attached hydrogen (secondary N) is 1. The van der Waals surface area contributed by atoms with Gasteiger partial charge in [0, 0.05) is 6.42 Å². The van der Waals surface area contributed by atoms with E-state index in [-0.39, 0.29) is 12.5 Å². The molecule has 0 heterocycles. The molecule has 0 aliphatic heterocycles. The van der Waals surface area contributed by atoms with Crippen LogP contribution in [0.4, 0.5) is 0 Å². The van der Waals surface area contributed by atoms with Gasteiger partial charge >= 0.3 is 0 Å². The third-order valence-electron chi connectivity index (χ3n) is 16.9. The van der Waals surface area contributed by atoms with Crippen LogP contribution in [-0.4, -0.2) is 34.9 Å². The average molecular weight is 1140 g/mol. The van der Waals surface area contributed by atoms with Crippen LogP contribution < -0.4 is 5.32 Å². The summed E-state index contributed by atoms with van der Waals surface area (Å²) >= 11 is 0. The van der Waals surface area contributed by atoms with Crippen LogP contribution in [0.15, 0.2) is 85.1 Å². The van der Waals surface area contributed by atoms with Crippen LogP contribution in [0.2, 0.25) is 0 Å². The van der Waals surface area contributed by atoms with Gasteiger partial charge in [-0.1, -0.05) is 394 Å². The third kappa shape index (κ3) is 68.4. The minimum Gasteiger partial charge on any atom is -0.394 e. The lowest BCUT2D eigenvalue weighted by Crippen LogP contribution is -2.45. The van der Waals surface area contributed by atoms with Crippen molar-refractivity contribution in [3.8, 4) is 0 Å². The van der Waals surface area contributed by atoms with E-state index in [0.717, 1.165) is 64.2 Å². The molecule has 0 spiro atoms. The van der Waals surface area contributed by atoms with Crippen LogP contribution in [0.5, 0.6) is 0 Å². The minimum atomic E-state index is -0.844. The van der Waals surface area contributed by atoms with E-state index in [9.17, 15) is 15.0 Å². The van der Waals surface area contributed by atoms with E-state index in [2.05, 4.69) is 92.1 Å². The second-order valence-electron chi connectivity index (χ2n) is 25.0. The Morgan fingerprint density at radius 2 is 0.537 bits per heavy atom. The standard InChI is InChI=1S/C78H143NO3/c1-3-5-7-9-11-13-15-17-19-21-23-25-27-29-31-33-35-37-38-39-40-42-44-46-48-50-52-54-56-58-60-62-64-66-68-70-72-74-78(82)79-76(75-80)77(81)73-71-69-67-65-63-61-59-57-55-53-51-49-47-45-43-41-36-34-32-30-28-26-24-22-20-18-16-14-12-10-8-6-4-2/h5,7,11,13,17,19,23,25,29,31,35,37,71,73,76-77,80-81H,3-4,6,8-10,12,14-16,18,20-22,24,26-28,30,32-34,36,38-70,72,74-75H2,1-2H3,(H,79,82)/b7-5-,13-11-,19-17-,25-23-,31-29-,37-35-,73-71+. The Bertz CT molecular complexity index is 1440. The minimum absolute atomic E-state index is 0.0592. The second-order valence-corrected chi connectivity index (χ2v) is 25.0. The monoisotopic (exact) mass is 1140 g/mol. The Kier molecular flexibility index (Phi) is 70.7. The fraction of sp³-hybridized carbons (Fsp3) is 0.808. The first-order valence-corrected chi connectivity index (χ1v) is 36.8. The molecule has 0 aromatic rings. The number of carbonyl (C=O) groups excluding carboxylic acids is 1. The summed E-state index contributed by atoms with van der Waals surface area (Å²) in [6.07, 6.45) is 107. The molecule has 1 amide bonds. The van der Waals surface area contributed by atoms with Gasteiger partial charge in [-0.2, -0.15) is 0 Å². The SMILES string of the molecule is CC/C=C\C/C=C\C/C=C\C/C=C\C/C=C\C/C=C\CCCCCCCCCCCCCCCCCCCCC(=O)NC(CO)C(O)/C=C/CCCCCCCCCCCCCCCCCCCCCCCCCCCCCCCCC. The van der Waals surface area contributed by atoms with E-state index in [1.165, 1.54) is 302 Å². The van der Waals surface area contributed by atoms with Crippen molar-refractivity contribution in [3.05, 3.63) is 85.1 Å². The quantitative estimate of drug-likeness (QED) is 0.0420. The number of allylic oxidation sites excluding steroid dienone is 13. The Morgan fingerprint density at radius 3 is 0.805 bits per heavy atom. The lowest BCUT2D eigenvalue weighted by atomic mass is 10.0. The average Bonchev–Trinajstić information content (AvgIpc) is 3.50. The summed E-state index contributed by atoms with van der Waals surface area (Å²) in [5.41, 5.74) is 0. The molecule has 0 saturated heterocycles. The van der Waals surface area contributed by atoms with Gasteiger partial charge in [0.25, 0.3) is 0 Å². The molecule has 478 valence electrons. The van der Waals surface area contributed by atoms with Crippen molar-refractivity contribution in [2.45, 2.75) is 398 Å². The molecule has 0 rings (SSSR count). The maximum absolute atomic E-state index is 12.6. The van der Waals surface area contributed by atoms with Gasteiger partial charge in [-0.15, -0.1) is 0 Å². The molecule has 0 aromatic carbocycles. The van der Waals surface area contributed by atoms with Crippen LogP contribution >= 0.6 is 0 Å². The van der Waals surface area contributed by atoms with Crippen molar-refractivity contribution in [1.29, 1.82) is 0 Å². The molecule has 3 N–H and O–H groups in total. The zero-order chi connectivity index (χ0) is 59.1. The molecule has 4 nitrogen and oxygen atoms in total. The molecule has 0 fully saturated rings. The first-order valence-electron chi connectivity index (χ1n) is 36.8. The topological polar surface area (TPSA) is 69.6 Å². The second kappa shape index (κ2) is 72.8. The van der Waals surface area contributed by atoms with Crippen LogP contribution in [0.25, 0.3) is 0 Å². The fourth-order valence-corrected chi connectivity index (χ4v) is 11.4. The first kappa shape index (κ1) is 79.6. The zero-order valence-corrected chi connectivity index (χ0v) is 55.3. The van der Waals surface area contributed by atoms with Crippen LogP contribution in [-0.2, 0) is 4.79 Å². The number of carbonyl (C=O) groups is 1. The van der Waals surface area contributed by atoms with E-state index in [1.54, 1.807) is 6.08 Å². The van der Waals surface area contributed by atoms with Gasteiger partial charge in [0.15, 0.2) is 0 Å². The number of amides is 1. The van der Waals surface area contributed by atoms with Gasteiger partial charge in [0.2, 0.25) is 5.91 Å². The summed E-state index contributed by atoms with van der Waals surface area (Å²) in [5.74, 6) is -0.0592. The molecule has 0 aromatic heterocycles. The normalized spacial score (nSPS) is 13.2. The Morgan fingerprint density at radius 1 is 0.305 bits per heavy atom. The third-order valence-corrected chi connectivity index (χ3v) is 16.9. The summed E-state index contributed by atoms with van der Waals surface area (Å²) in [4.78, 5) is 12.6. The van der Waals surface area contributed by atoms with Crippen molar-refractivity contribution in [3.63, 3.8) is 0 Å². The van der Waals surface area contributed by atoms with E-state index in [0.29, 0.717) is 6.42 Å². The van der Waals surface area contributed by atoms with E-state index in [4.69, 9.17) is 0 Å². The van der Waals surface area contributed by atoms with Crippen LogP contribution in [0, 0.1) is 0 Å². The number of unbranched alkanes of at least 4 members (excludes halogenated alkanes) is 49. The van der Waals surface area contributed by atoms with E-state index in [1.807, 2.05) is 6.08 Å². The molecule has 0 aliphatic carbocycles. The molecule has 2 atom stereocenters. The Balaban J connectivity index is 3.44. The Labute approximate surface area is 513 Å². The summed E-state index contributed by atoms with van der Waals surface area (Å²) in [5, 5.41) is 23.3. The molecular formula is C78H143NO3. The number of hydrogen-bond donors (Lipinski definition) is 3. The van der Waals surface area contributed by atoms with Gasteiger partial charge < -0.3 is 15.5 Å². The summed E-state index contributed by atoms with van der Waals surface area (Å²) in [6, 6.07) is -0.627. The predicted molar refractivity (Wildman–Crippen MR) is 368 cm³/mol. The fourth-order valence-electron chi connectivity index (χ4n) is 11.4. The molecule has 82 heavy (non-hydrogen) atoms. The highest BCUT2D eigenvalue weighted by atomic mass is 16.3. The molecule has 0 radical (unpaired) electrons. The van der Waals surface area contributed by atoms with Gasteiger partial charge in [0.1, 0.15) is 0 Å². The van der Waals surface area contributed by atoms with Gasteiger partial charge in [-0.3, -0.25) is 4.79 Å². The van der Waals surface area contributed by atoms with Crippen molar-refractivity contribution < 1.29 is 15.0 Å². The number of hydrogen-bond acceptors (Lipinski definition) is 3. The number of aliphatic hydroxyl groups excluding tert-OH is 2. The van der Waals surface area contributed by atoms with E-state index >= 15 is 0 Å². The molecule has 0 bridgehead atoms. The zero-order valence-electron chi connectivity index (χ0n) is 55.3. The molecule has 0 aliphatic rings. The van der Waals surface area contributed by atoms with Crippen molar-refractivity contribution in [1.82, 2.24) is 5.32 Å². The van der Waals surface area contributed by atoms with Crippen molar-refractivity contribution in [2.75, 3.05) is 6.61 Å². The van der Waals surface area contributed by atoms with Gasteiger partial charge in [-0.25, -0.2) is 0 Å². The maximum Gasteiger partial charge on any atom is 0.220 e. The maximum atomic E-state index is 12.6. The largest absolute Gasteiger partial charge is 0.394 e. The van der Waals surface area contributed by atoms with E-state index < -0.39 is 12.1 Å². The number of rotatable bonds is 68. The molecule has 0 saturated carbocycles. The summed E-state index contributed by atoms with van der Waals surface area (Å²) in [6.45, 7) is 4.23. The summed E-state index contributed by atoms with van der Waals surface area (Å²) < 4.78 is 0. The smallest absolute Gasteiger partial charge is 0.220 e. The summed E-state index contributed by atoms with van der Waals surface area (Å²) in [7, 11) is 0. The van der Waals surface area contributed by atoms with Gasteiger partial charge in [-0.05, 0) is 70.6 Å². The lowest BCUT2D eigenvalue weighted by Gasteiger charge is -2.20. The highest BCUT2D eigenvalue weighted by molar-refractivity contribution is 5.76. The van der Waals surface area contributed by atoms with Crippen molar-refractivity contribution in [2.24, 2.45) is 0 Å². The highest BCUT2D eigenvalue weighted by Gasteiger charge is 2.18. The molecule has 2 unspecified atom stereocenters. The van der Waals surface area contributed by atoms with Crippen molar-refractivity contribution >= 4 is 5.91 Å². The van der Waals surface area contributed by atoms with Crippen LogP contribution in [0.3, 0.4) is 0 Å². The molecular weight excluding hydrogens is 999 g/mol. The number of aliphatic hydroxyl groups is 2. The Hall–Kier alpha value is -2.43. The predicted octanol–water partition coefficient (Wildman–Crippen LogP) is 25.4. The van der Waals surface area contributed by atoms with Gasteiger partial charge in [0.05, 0.1) is 18.8 Å². The first-order chi connectivity index (χ1) is 40.7. The molecule has 4 heteroatoms. The highest BCUT2D eigenvalue weighted by Crippen LogP contribution is 2.19. The lowest BCUT2D eigenvalue weighted by molar-refractivity contribution is -0.123. The van der Waals surface area contributed by atoms with Crippen LogP contribution in [0.1, 0.15) is 386 Å².